The summed E-state index contributed by atoms with van der Waals surface area (Å²) in [6.07, 6.45) is 0. The molecule has 0 spiro atoms. The summed E-state index contributed by atoms with van der Waals surface area (Å²) >= 11 is 0. The molecule has 0 saturated carbocycles. The van der Waals surface area contributed by atoms with Crippen molar-refractivity contribution >= 4 is 44.2 Å². The molecule has 6 rings (SSSR count). The van der Waals surface area contributed by atoms with E-state index in [1.54, 1.807) is 0 Å². The Morgan fingerprint density at radius 3 is 1.87 bits per heavy atom. The second-order valence-corrected chi connectivity index (χ2v) is 7.52. The molecule has 0 atom stereocenters. The van der Waals surface area contributed by atoms with Gasteiger partial charge in [-0.2, -0.15) is 0 Å². The molecule has 0 bridgehead atoms. The van der Waals surface area contributed by atoms with Crippen LogP contribution in [0.1, 0.15) is 11.3 Å². The first kappa shape index (κ1) is 17.5. The summed E-state index contributed by atoms with van der Waals surface area (Å²) in [5.74, 6) is 0.522. The number of fused-ring (bicyclic) bond motifs is 4. The van der Waals surface area contributed by atoms with Crippen LogP contribution in [0.3, 0.4) is 0 Å². The average molecular weight is 401 g/mol. The van der Waals surface area contributed by atoms with Crippen molar-refractivity contribution in [3.05, 3.63) is 114 Å². The number of para-hydroxylation sites is 3. The third-order valence-electron chi connectivity index (χ3n) is 5.69. The Labute approximate surface area is 178 Å². The second-order valence-electron chi connectivity index (χ2n) is 7.52. The normalized spacial score (nSPS) is 11.4. The summed E-state index contributed by atoms with van der Waals surface area (Å²) in [4.78, 5) is 0. The number of furan rings is 1. The quantitative estimate of drug-likeness (QED) is 0.318. The van der Waals surface area contributed by atoms with Crippen molar-refractivity contribution in [3.8, 4) is 0 Å². The van der Waals surface area contributed by atoms with Gasteiger partial charge < -0.3 is 4.42 Å². The third-order valence-corrected chi connectivity index (χ3v) is 5.69. The topological polar surface area (TPSA) is 54.0 Å². The maximum Gasteiger partial charge on any atom is 0.178 e. The van der Waals surface area contributed by atoms with Gasteiger partial charge in [0.1, 0.15) is 17.0 Å². The lowest BCUT2D eigenvalue weighted by molar-refractivity contribution is 0.605. The minimum Gasteiger partial charge on any atom is -0.452 e. The van der Waals surface area contributed by atoms with Gasteiger partial charge in [-0.1, -0.05) is 78.9 Å². The number of hydrogen-bond donors (Lipinski definition) is 2. The Balaban J connectivity index is 1.60. The van der Waals surface area contributed by atoms with Crippen molar-refractivity contribution in [2.24, 2.45) is 0 Å². The summed E-state index contributed by atoms with van der Waals surface area (Å²) in [6.45, 7) is 0. The Bertz CT molecular complexity index is 1520. The van der Waals surface area contributed by atoms with E-state index >= 15 is 0 Å². The van der Waals surface area contributed by atoms with E-state index in [0.29, 0.717) is 11.5 Å². The number of nitrogens with zero attached hydrogens (tertiary/aromatic N) is 1. The zero-order valence-corrected chi connectivity index (χ0v) is 16.7. The summed E-state index contributed by atoms with van der Waals surface area (Å²) in [6, 6.07) is 34.3. The number of nitrogens with one attached hydrogen (secondary N) is 2. The average Bonchev–Trinajstić information content (AvgIpc) is 3.36. The molecule has 4 aromatic carbocycles. The molecular formula is C27H19N3O. The Morgan fingerprint density at radius 2 is 1.19 bits per heavy atom. The van der Waals surface area contributed by atoms with Gasteiger partial charge in [0.2, 0.25) is 0 Å². The summed E-state index contributed by atoms with van der Waals surface area (Å²) in [5, 5.41) is 12.2. The molecule has 0 saturated heterocycles. The molecule has 0 fully saturated rings. The molecule has 0 amide bonds. The van der Waals surface area contributed by atoms with Crippen molar-refractivity contribution in [1.82, 2.24) is 4.68 Å². The van der Waals surface area contributed by atoms with Crippen molar-refractivity contribution in [2.45, 2.75) is 0 Å². The highest BCUT2D eigenvalue weighted by Gasteiger charge is 2.21. The predicted molar refractivity (Wildman–Crippen MR) is 127 cm³/mol. The van der Waals surface area contributed by atoms with Gasteiger partial charge in [0, 0.05) is 21.7 Å². The fourth-order valence-corrected chi connectivity index (χ4v) is 4.22. The van der Waals surface area contributed by atoms with Crippen molar-refractivity contribution < 1.29 is 4.42 Å². The Morgan fingerprint density at radius 1 is 0.645 bits per heavy atom. The van der Waals surface area contributed by atoms with Crippen LogP contribution < -0.4 is 5.43 Å². The summed E-state index contributed by atoms with van der Waals surface area (Å²) in [7, 11) is 0. The Kier molecular flexibility index (Phi) is 3.90. The highest BCUT2D eigenvalue weighted by atomic mass is 16.3. The monoisotopic (exact) mass is 401 g/mol. The van der Waals surface area contributed by atoms with E-state index in [0.717, 1.165) is 33.3 Å². The fourth-order valence-electron chi connectivity index (χ4n) is 4.22. The van der Waals surface area contributed by atoms with Crippen LogP contribution in [0.4, 0.5) is 5.69 Å². The first-order valence-electron chi connectivity index (χ1n) is 10.2. The largest absolute Gasteiger partial charge is 0.452 e. The SMILES string of the molecule is N=C(c1ccccc1)c1oc2ccccc2c1Nn1c2ccccc2c2ccccc21. The highest BCUT2D eigenvalue weighted by molar-refractivity contribution is 6.16. The van der Waals surface area contributed by atoms with Crippen molar-refractivity contribution in [1.29, 1.82) is 5.41 Å². The van der Waals surface area contributed by atoms with E-state index < -0.39 is 0 Å². The van der Waals surface area contributed by atoms with E-state index in [9.17, 15) is 0 Å². The third kappa shape index (κ3) is 2.73. The van der Waals surface area contributed by atoms with E-state index in [1.165, 1.54) is 10.8 Å². The van der Waals surface area contributed by atoms with Gasteiger partial charge in [-0.15, -0.1) is 0 Å². The molecule has 2 aromatic heterocycles. The fraction of sp³-hybridized carbons (Fsp3) is 0. The second kappa shape index (κ2) is 6.89. The minimum absolute atomic E-state index is 0.347. The molecule has 2 heterocycles. The number of benzene rings is 4. The molecule has 31 heavy (non-hydrogen) atoms. The van der Waals surface area contributed by atoms with Crippen LogP contribution in [0.5, 0.6) is 0 Å². The van der Waals surface area contributed by atoms with E-state index in [-0.39, 0.29) is 0 Å². The maximum atomic E-state index is 8.86. The Hall–Kier alpha value is -4.31. The molecule has 6 aromatic rings. The van der Waals surface area contributed by atoms with Gasteiger partial charge in [0.05, 0.1) is 11.0 Å². The highest BCUT2D eigenvalue weighted by Crippen LogP contribution is 2.35. The number of aromatic nitrogens is 1. The molecule has 0 aliphatic carbocycles. The zero-order chi connectivity index (χ0) is 20.8. The predicted octanol–water partition coefficient (Wildman–Crippen LogP) is 6.83. The van der Waals surface area contributed by atoms with Crippen LogP contribution in [-0.2, 0) is 0 Å². The molecule has 0 aliphatic rings. The summed E-state index contributed by atoms with van der Waals surface area (Å²) < 4.78 is 8.27. The van der Waals surface area contributed by atoms with Gasteiger partial charge in [-0.25, -0.2) is 0 Å². The van der Waals surface area contributed by atoms with Gasteiger partial charge >= 0.3 is 0 Å². The first-order valence-corrected chi connectivity index (χ1v) is 10.2. The van der Waals surface area contributed by atoms with Crippen molar-refractivity contribution in [2.75, 3.05) is 5.43 Å². The molecule has 0 unspecified atom stereocenters. The minimum atomic E-state index is 0.347. The number of hydrogen-bond acceptors (Lipinski definition) is 3. The molecule has 0 aliphatic heterocycles. The van der Waals surface area contributed by atoms with Crippen LogP contribution >= 0.6 is 0 Å². The smallest absolute Gasteiger partial charge is 0.178 e. The van der Waals surface area contributed by atoms with E-state index in [4.69, 9.17) is 9.83 Å². The van der Waals surface area contributed by atoms with E-state index in [1.807, 2.05) is 66.7 Å². The van der Waals surface area contributed by atoms with Gasteiger partial charge in [0.25, 0.3) is 0 Å². The number of anilines is 1. The molecule has 148 valence electrons. The number of rotatable bonds is 4. The van der Waals surface area contributed by atoms with Gasteiger partial charge in [-0.3, -0.25) is 15.5 Å². The van der Waals surface area contributed by atoms with Crippen molar-refractivity contribution in [3.63, 3.8) is 0 Å². The van der Waals surface area contributed by atoms with Gasteiger partial charge in [-0.05, 0) is 24.3 Å². The molecule has 2 N–H and O–H groups in total. The van der Waals surface area contributed by atoms with Crippen LogP contribution in [0.2, 0.25) is 0 Å². The van der Waals surface area contributed by atoms with Crippen LogP contribution in [-0.4, -0.2) is 10.4 Å². The van der Waals surface area contributed by atoms with Crippen LogP contribution in [0.25, 0.3) is 32.8 Å². The summed E-state index contributed by atoms with van der Waals surface area (Å²) in [5.41, 5.74) is 8.44. The maximum absolute atomic E-state index is 8.86. The van der Waals surface area contributed by atoms with Crippen LogP contribution in [0, 0.1) is 5.41 Å². The van der Waals surface area contributed by atoms with Crippen LogP contribution in [0.15, 0.2) is 108 Å². The first-order chi connectivity index (χ1) is 15.3. The molecule has 0 radical (unpaired) electrons. The van der Waals surface area contributed by atoms with E-state index in [2.05, 4.69) is 46.5 Å². The lowest BCUT2D eigenvalue weighted by Gasteiger charge is -2.12. The van der Waals surface area contributed by atoms with Gasteiger partial charge in [0.15, 0.2) is 5.76 Å². The lowest BCUT2D eigenvalue weighted by Crippen LogP contribution is -2.12. The standard InChI is InChI=1S/C27H19N3O/c28-25(18-10-2-1-3-11-18)27-26(21-14-6-9-17-24(21)31-27)29-30-22-15-7-4-12-19(22)20-13-5-8-16-23(20)30/h1-17,28-29H. The molecule has 4 nitrogen and oxygen atoms in total. The molecular weight excluding hydrogens is 382 g/mol. The lowest BCUT2D eigenvalue weighted by atomic mass is 10.1. The zero-order valence-electron chi connectivity index (χ0n) is 16.7. The molecule has 4 heteroatoms.